The zero-order chi connectivity index (χ0) is 14.3. The molecular weight excluding hydrogens is 315 g/mol. The van der Waals surface area contributed by atoms with E-state index < -0.39 is 0 Å². The van der Waals surface area contributed by atoms with Gasteiger partial charge in [-0.05, 0) is 60.2 Å². The number of ether oxygens (including phenoxy) is 1. The summed E-state index contributed by atoms with van der Waals surface area (Å²) >= 11 is 13.5. The maximum Gasteiger partial charge on any atom is 0.232 e. The van der Waals surface area contributed by atoms with Gasteiger partial charge in [0.2, 0.25) is 11.2 Å². The van der Waals surface area contributed by atoms with Crippen LogP contribution < -0.4 is 4.74 Å². The van der Waals surface area contributed by atoms with Crippen molar-refractivity contribution in [3.63, 3.8) is 0 Å². The van der Waals surface area contributed by atoms with Gasteiger partial charge in [0.1, 0.15) is 10.6 Å². The molecule has 0 unspecified atom stereocenters. The summed E-state index contributed by atoms with van der Waals surface area (Å²) in [7, 11) is 0. The lowest BCUT2D eigenvalue weighted by molar-refractivity contribution is 0.461. The van der Waals surface area contributed by atoms with Gasteiger partial charge in [-0.1, -0.05) is 11.6 Å². The first kappa shape index (κ1) is 13.6. The third kappa shape index (κ3) is 2.46. The standard InChI is InChI=1S/C14H10Cl2N2OS/c1-7-5-9(15)6-8(2)11(7)19-12-10-3-4-20-13(10)18-14(16)17-12/h3-6H,1-2H3. The molecule has 0 saturated heterocycles. The fraction of sp³-hybridized carbons (Fsp3) is 0.143. The Morgan fingerprint density at radius 1 is 1.10 bits per heavy atom. The Hall–Kier alpha value is -1.36. The zero-order valence-corrected chi connectivity index (χ0v) is 13.1. The van der Waals surface area contributed by atoms with Gasteiger partial charge in [0.15, 0.2) is 0 Å². The van der Waals surface area contributed by atoms with Crippen LogP contribution in [0.4, 0.5) is 0 Å². The van der Waals surface area contributed by atoms with Crippen molar-refractivity contribution >= 4 is 44.8 Å². The predicted octanol–water partition coefficient (Wildman–Crippen LogP) is 5.41. The number of halogens is 2. The quantitative estimate of drug-likeness (QED) is 0.591. The molecule has 0 aliphatic rings. The fourth-order valence-corrected chi connectivity index (χ4v) is 3.33. The van der Waals surface area contributed by atoms with Gasteiger partial charge in [-0.15, -0.1) is 11.3 Å². The molecule has 0 bridgehead atoms. The normalized spacial score (nSPS) is 11.0. The average Bonchev–Trinajstić information content (AvgIpc) is 2.81. The van der Waals surface area contributed by atoms with Crippen LogP contribution in [0.5, 0.6) is 11.6 Å². The zero-order valence-electron chi connectivity index (χ0n) is 10.8. The Bertz CT molecular complexity index is 778. The minimum absolute atomic E-state index is 0.180. The van der Waals surface area contributed by atoms with E-state index in [0.717, 1.165) is 27.1 Å². The highest BCUT2D eigenvalue weighted by molar-refractivity contribution is 7.16. The second-order valence-corrected chi connectivity index (χ2v) is 6.08. The van der Waals surface area contributed by atoms with Crippen molar-refractivity contribution in [2.24, 2.45) is 0 Å². The van der Waals surface area contributed by atoms with Gasteiger partial charge in [0.25, 0.3) is 0 Å². The molecule has 0 aliphatic heterocycles. The highest BCUT2D eigenvalue weighted by Gasteiger charge is 2.13. The van der Waals surface area contributed by atoms with Crippen molar-refractivity contribution < 1.29 is 4.74 Å². The monoisotopic (exact) mass is 324 g/mol. The van der Waals surface area contributed by atoms with E-state index in [9.17, 15) is 0 Å². The summed E-state index contributed by atoms with van der Waals surface area (Å²) in [6.45, 7) is 3.89. The molecule has 1 aromatic carbocycles. The molecule has 0 radical (unpaired) electrons. The molecule has 0 saturated carbocycles. The fourth-order valence-electron chi connectivity index (χ4n) is 2.04. The summed E-state index contributed by atoms with van der Waals surface area (Å²) in [4.78, 5) is 9.16. The summed E-state index contributed by atoms with van der Waals surface area (Å²) in [6.07, 6.45) is 0. The molecule has 0 aliphatic carbocycles. The highest BCUT2D eigenvalue weighted by atomic mass is 35.5. The lowest BCUT2D eigenvalue weighted by Gasteiger charge is -2.12. The topological polar surface area (TPSA) is 35.0 Å². The van der Waals surface area contributed by atoms with Crippen LogP contribution in [0.3, 0.4) is 0 Å². The Balaban J connectivity index is 2.12. The van der Waals surface area contributed by atoms with E-state index in [1.807, 2.05) is 37.4 Å². The van der Waals surface area contributed by atoms with E-state index in [1.54, 1.807) is 0 Å². The second kappa shape index (κ2) is 5.20. The maximum absolute atomic E-state index is 6.03. The SMILES string of the molecule is Cc1cc(Cl)cc(C)c1Oc1nc(Cl)nc2sccc12. The molecule has 6 heteroatoms. The largest absolute Gasteiger partial charge is 0.438 e. The molecule has 0 atom stereocenters. The van der Waals surface area contributed by atoms with Crippen molar-refractivity contribution in [1.82, 2.24) is 9.97 Å². The molecule has 102 valence electrons. The number of thiophene rings is 1. The smallest absolute Gasteiger partial charge is 0.232 e. The predicted molar refractivity (Wildman–Crippen MR) is 83.4 cm³/mol. The molecule has 0 fully saturated rings. The van der Waals surface area contributed by atoms with E-state index >= 15 is 0 Å². The molecule has 0 N–H and O–H groups in total. The highest BCUT2D eigenvalue weighted by Crippen LogP contribution is 2.35. The number of hydrogen-bond acceptors (Lipinski definition) is 4. The van der Waals surface area contributed by atoms with Gasteiger partial charge in [0, 0.05) is 5.02 Å². The van der Waals surface area contributed by atoms with Crippen LogP contribution in [0.15, 0.2) is 23.6 Å². The Kier molecular flexibility index (Phi) is 3.54. The summed E-state index contributed by atoms with van der Waals surface area (Å²) in [6, 6.07) is 5.64. The Morgan fingerprint density at radius 2 is 1.80 bits per heavy atom. The van der Waals surface area contributed by atoms with Crippen LogP contribution >= 0.6 is 34.5 Å². The van der Waals surface area contributed by atoms with Crippen LogP contribution in [-0.2, 0) is 0 Å². The molecule has 20 heavy (non-hydrogen) atoms. The van der Waals surface area contributed by atoms with Crippen LogP contribution in [0.1, 0.15) is 11.1 Å². The van der Waals surface area contributed by atoms with Crippen LogP contribution in [0, 0.1) is 13.8 Å². The molecule has 3 rings (SSSR count). The van der Waals surface area contributed by atoms with Crippen molar-refractivity contribution in [1.29, 1.82) is 0 Å². The van der Waals surface area contributed by atoms with Crippen molar-refractivity contribution in [2.75, 3.05) is 0 Å². The van der Waals surface area contributed by atoms with Crippen molar-refractivity contribution in [3.05, 3.63) is 45.0 Å². The van der Waals surface area contributed by atoms with E-state index in [0.29, 0.717) is 10.9 Å². The maximum atomic E-state index is 6.03. The first-order valence-corrected chi connectivity index (χ1v) is 7.53. The van der Waals surface area contributed by atoms with Gasteiger partial charge >= 0.3 is 0 Å². The minimum Gasteiger partial charge on any atom is -0.438 e. The van der Waals surface area contributed by atoms with Gasteiger partial charge in [-0.3, -0.25) is 0 Å². The Labute approximate surface area is 130 Å². The number of aryl methyl sites for hydroxylation is 2. The second-order valence-electron chi connectivity index (χ2n) is 4.41. The van der Waals surface area contributed by atoms with E-state index in [4.69, 9.17) is 27.9 Å². The Morgan fingerprint density at radius 3 is 2.50 bits per heavy atom. The summed E-state index contributed by atoms with van der Waals surface area (Å²) in [5, 5.41) is 3.66. The van der Waals surface area contributed by atoms with Gasteiger partial charge in [0.05, 0.1) is 5.39 Å². The van der Waals surface area contributed by atoms with E-state index in [2.05, 4.69) is 9.97 Å². The third-order valence-electron chi connectivity index (χ3n) is 2.89. The molecule has 0 spiro atoms. The van der Waals surface area contributed by atoms with E-state index in [1.165, 1.54) is 11.3 Å². The van der Waals surface area contributed by atoms with Crippen LogP contribution in [-0.4, -0.2) is 9.97 Å². The summed E-state index contributed by atoms with van der Waals surface area (Å²) < 4.78 is 5.96. The first-order valence-electron chi connectivity index (χ1n) is 5.90. The lowest BCUT2D eigenvalue weighted by Crippen LogP contribution is -1.95. The number of fused-ring (bicyclic) bond motifs is 1. The van der Waals surface area contributed by atoms with Crippen LogP contribution in [0.25, 0.3) is 10.2 Å². The minimum atomic E-state index is 0.180. The van der Waals surface area contributed by atoms with Gasteiger partial charge in [-0.2, -0.15) is 4.98 Å². The van der Waals surface area contributed by atoms with Gasteiger partial charge < -0.3 is 4.74 Å². The summed E-state index contributed by atoms with van der Waals surface area (Å²) in [5.74, 6) is 1.21. The van der Waals surface area contributed by atoms with Crippen LogP contribution in [0.2, 0.25) is 10.3 Å². The lowest BCUT2D eigenvalue weighted by atomic mass is 10.1. The van der Waals surface area contributed by atoms with Crippen molar-refractivity contribution in [2.45, 2.75) is 13.8 Å². The van der Waals surface area contributed by atoms with Crippen molar-refractivity contribution in [3.8, 4) is 11.6 Å². The number of benzene rings is 1. The molecule has 3 nitrogen and oxygen atoms in total. The van der Waals surface area contributed by atoms with E-state index in [-0.39, 0.29) is 5.28 Å². The van der Waals surface area contributed by atoms with Gasteiger partial charge in [-0.25, -0.2) is 4.98 Å². The number of aromatic nitrogens is 2. The molecule has 2 heterocycles. The first-order chi connectivity index (χ1) is 9.54. The number of nitrogens with zero attached hydrogens (tertiary/aromatic N) is 2. The third-order valence-corrected chi connectivity index (χ3v) is 4.08. The molecule has 3 aromatic rings. The average molecular weight is 325 g/mol. The number of rotatable bonds is 2. The number of hydrogen-bond donors (Lipinski definition) is 0. The molecular formula is C14H10Cl2N2OS. The molecule has 2 aromatic heterocycles. The summed E-state index contributed by atoms with van der Waals surface area (Å²) in [5.41, 5.74) is 1.90. The molecule has 0 amide bonds.